The standard InChI is InChI=1S/C13H15N3O3S2/c17-13(6-10-3-4-21(18,19)8-10)14-7-9-1-2-11-12(5-9)16-20-15-11/h1-2,5,10H,3-4,6-8H2,(H,14,17)/t10-/m1/s1. The van der Waals surface area contributed by atoms with E-state index < -0.39 is 9.84 Å². The Morgan fingerprint density at radius 3 is 2.90 bits per heavy atom. The maximum atomic E-state index is 11.9. The van der Waals surface area contributed by atoms with Gasteiger partial charge < -0.3 is 5.32 Å². The molecule has 0 unspecified atom stereocenters. The number of benzene rings is 1. The summed E-state index contributed by atoms with van der Waals surface area (Å²) in [7, 11) is -2.92. The summed E-state index contributed by atoms with van der Waals surface area (Å²) in [6.07, 6.45) is 0.867. The molecule has 112 valence electrons. The second-order valence-corrected chi connectivity index (χ2v) is 8.09. The van der Waals surface area contributed by atoms with Crippen LogP contribution in [0.5, 0.6) is 0 Å². The molecule has 0 radical (unpaired) electrons. The average Bonchev–Trinajstić information content (AvgIpc) is 3.02. The highest BCUT2D eigenvalue weighted by molar-refractivity contribution is 7.91. The maximum Gasteiger partial charge on any atom is 0.220 e. The van der Waals surface area contributed by atoms with Gasteiger partial charge in [-0.05, 0) is 30.0 Å². The third-order valence-electron chi connectivity index (χ3n) is 3.61. The molecule has 8 heteroatoms. The molecule has 1 N–H and O–H groups in total. The summed E-state index contributed by atoms with van der Waals surface area (Å²) in [5.41, 5.74) is 2.64. The van der Waals surface area contributed by atoms with Crippen molar-refractivity contribution in [1.82, 2.24) is 14.1 Å². The molecule has 2 heterocycles. The van der Waals surface area contributed by atoms with E-state index in [2.05, 4.69) is 14.1 Å². The summed E-state index contributed by atoms with van der Waals surface area (Å²) >= 11 is 1.16. The van der Waals surface area contributed by atoms with Gasteiger partial charge in [-0.3, -0.25) is 4.79 Å². The topological polar surface area (TPSA) is 89.0 Å². The Kier molecular flexibility index (Phi) is 3.90. The monoisotopic (exact) mass is 325 g/mol. The molecule has 6 nitrogen and oxygen atoms in total. The van der Waals surface area contributed by atoms with Gasteiger partial charge in [0.15, 0.2) is 9.84 Å². The number of hydrogen-bond acceptors (Lipinski definition) is 6. The molecule has 3 rings (SSSR count). The summed E-state index contributed by atoms with van der Waals surface area (Å²) in [4.78, 5) is 11.9. The van der Waals surface area contributed by atoms with Crippen LogP contribution in [0.1, 0.15) is 18.4 Å². The molecule has 1 atom stereocenters. The van der Waals surface area contributed by atoms with E-state index >= 15 is 0 Å². The van der Waals surface area contributed by atoms with Crippen molar-refractivity contribution in [2.45, 2.75) is 19.4 Å². The molecular weight excluding hydrogens is 310 g/mol. The Balaban J connectivity index is 1.53. The fourth-order valence-electron chi connectivity index (χ4n) is 2.51. The first-order chi connectivity index (χ1) is 10.0. The normalized spacial score (nSPS) is 20.7. The van der Waals surface area contributed by atoms with Gasteiger partial charge in [0.2, 0.25) is 5.91 Å². The minimum absolute atomic E-state index is 0.0415. The molecule has 0 aliphatic carbocycles. The summed E-state index contributed by atoms with van der Waals surface area (Å²) in [5.74, 6) is 0.198. The minimum atomic E-state index is -2.92. The van der Waals surface area contributed by atoms with Crippen LogP contribution in [0.25, 0.3) is 11.0 Å². The predicted molar refractivity (Wildman–Crippen MR) is 80.6 cm³/mol. The molecule has 21 heavy (non-hydrogen) atoms. The highest BCUT2D eigenvalue weighted by atomic mass is 32.2. The quantitative estimate of drug-likeness (QED) is 0.910. The lowest BCUT2D eigenvalue weighted by Gasteiger charge is -2.08. The number of nitrogens with one attached hydrogen (secondary N) is 1. The Hall–Kier alpha value is -1.54. The fraction of sp³-hybridized carbons (Fsp3) is 0.462. The maximum absolute atomic E-state index is 11.9. The molecule has 0 spiro atoms. The number of carbonyl (C=O) groups excluding carboxylic acids is 1. The van der Waals surface area contributed by atoms with Crippen molar-refractivity contribution < 1.29 is 13.2 Å². The van der Waals surface area contributed by atoms with Crippen LogP contribution in [0.3, 0.4) is 0 Å². The summed E-state index contributed by atoms with van der Waals surface area (Å²) < 4.78 is 31.0. The van der Waals surface area contributed by atoms with Crippen LogP contribution < -0.4 is 5.32 Å². The van der Waals surface area contributed by atoms with E-state index in [1.807, 2.05) is 18.2 Å². The van der Waals surface area contributed by atoms with Crippen LogP contribution in [0.2, 0.25) is 0 Å². The first-order valence-electron chi connectivity index (χ1n) is 6.70. The smallest absolute Gasteiger partial charge is 0.220 e. The largest absolute Gasteiger partial charge is 0.352 e. The van der Waals surface area contributed by atoms with Crippen molar-refractivity contribution >= 4 is 38.5 Å². The van der Waals surface area contributed by atoms with Crippen molar-refractivity contribution in [2.75, 3.05) is 11.5 Å². The molecule has 1 aliphatic rings. The number of fused-ring (bicyclic) bond motifs is 1. The first-order valence-corrected chi connectivity index (χ1v) is 9.25. The molecule has 1 amide bonds. The zero-order chi connectivity index (χ0) is 14.9. The molecule has 1 aliphatic heterocycles. The number of amides is 1. The van der Waals surface area contributed by atoms with E-state index in [9.17, 15) is 13.2 Å². The molecule has 0 saturated carbocycles. The third kappa shape index (κ3) is 3.56. The molecule has 1 aromatic carbocycles. The average molecular weight is 325 g/mol. The van der Waals surface area contributed by atoms with Crippen LogP contribution in [-0.2, 0) is 21.2 Å². The van der Waals surface area contributed by atoms with Gasteiger partial charge in [-0.15, -0.1) is 0 Å². The molecule has 2 aromatic rings. The van der Waals surface area contributed by atoms with Crippen molar-refractivity contribution in [2.24, 2.45) is 5.92 Å². The van der Waals surface area contributed by atoms with Gasteiger partial charge in [-0.25, -0.2) is 8.42 Å². The van der Waals surface area contributed by atoms with Crippen molar-refractivity contribution in [3.63, 3.8) is 0 Å². The molecule has 1 fully saturated rings. The summed E-state index contributed by atoms with van der Waals surface area (Å²) in [6.45, 7) is 0.422. The second kappa shape index (κ2) is 5.69. The van der Waals surface area contributed by atoms with Gasteiger partial charge in [0.1, 0.15) is 11.0 Å². The van der Waals surface area contributed by atoms with Gasteiger partial charge in [0, 0.05) is 13.0 Å². The highest BCUT2D eigenvalue weighted by Gasteiger charge is 2.29. The lowest BCUT2D eigenvalue weighted by Crippen LogP contribution is -2.25. The Morgan fingerprint density at radius 2 is 2.14 bits per heavy atom. The zero-order valence-electron chi connectivity index (χ0n) is 11.3. The Labute approximate surface area is 126 Å². The molecule has 1 saturated heterocycles. The van der Waals surface area contributed by atoms with Gasteiger partial charge in [0.25, 0.3) is 0 Å². The number of rotatable bonds is 4. The van der Waals surface area contributed by atoms with Crippen LogP contribution >= 0.6 is 11.7 Å². The first kappa shape index (κ1) is 14.4. The number of aromatic nitrogens is 2. The summed E-state index contributed by atoms with van der Waals surface area (Å²) in [6, 6.07) is 5.69. The Bertz CT molecular complexity index is 770. The number of hydrogen-bond donors (Lipinski definition) is 1. The van der Waals surface area contributed by atoms with Crippen LogP contribution in [0.4, 0.5) is 0 Å². The SMILES string of the molecule is O=C(C[C@H]1CCS(=O)(=O)C1)NCc1ccc2nsnc2c1. The lowest BCUT2D eigenvalue weighted by molar-refractivity contribution is -0.122. The van der Waals surface area contributed by atoms with E-state index in [1.165, 1.54) is 0 Å². The van der Waals surface area contributed by atoms with Crippen LogP contribution in [0.15, 0.2) is 18.2 Å². The van der Waals surface area contributed by atoms with Gasteiger partial charge >= 0.3 is 0 Å². The Morgan fingerprint density at radius 1 is 1.33 bits per heavy atom. The predicted octanol–water partition coefficient (Wildman–Crippen LogP) is 1.13. The van der Waals surface area contributed by atoms with Crippen molar-refractivity contribution in [1.29, 1.82) is 0 Å². The van der Waals surface area contributed by atoms with E-state index in [-0.39, 0.29) is 29.8 Å². The zero-order valence-corrected chi connectivity index (χ0v) is 12.9. The molecule has 0 bridgehead atoms. The van der Waals surface area contributed by atoms with E-state index in [1.54, 1.807) is 0 Å². The number of sulfone groups is 1. The van der Waals surface area contributed by atoms with Gasteiger partial charge in [-0.2, -0.15) is 8.75 Å². The van der Waals surface area contributed by atoms with E-state index in [4.69, 9.17) is 0 Å². The van der Waals surface area contributed by atoms with Gasteiger partial charge in [0.05, 0.1) is 23.2 Å². The lowest BCUT2D eigenvalue weighted by atomic mass is 10.0. The summed E-state index contributed by atoms with van der Waals surface area (Å²) in [5, 5.41) is 2.83. The van der Waals surface area contributed by atoms with E-state index in [0.717, 1.165) is 28.3 Å². The van der Waals surface area contributed by atoms with Crippen molar-refractivity contribution in [3.05, 3.63) is 23.8 Å². The second-order valence-electron chi connectivity index (χ2n) is 5.34. The molecular formula is C13H15N3O3S2. The number of nitrogens with zero attached hydrogens (tertiary/aromatic N) is 2. The van der Waals surface area contributed by atoms with Crippen LogP contribution in [-0.4, -0.2) is 34.6 Å². The number of carbonyl (C=O) groups is 1. The highest BCUT2D eigenvalue weighted by Crippen LogP contribution is 2.21. The van der Waals surface area contributed by atoms with Crippen molar-refractivity contribution in [3.8, 4) is 0 Å². The molecule has 1 aromatic heterocycles. The van der Waals surface area contributed by atoms with Crippen LogP contribution in [0, 0.1) is 5.92 Å². The minimum Gasteiger partial charge on any atom is -0.352 e. The fourth-order valence-corrected chi connectivity index (χ4v) is 4.88. The third-order valence-corrected chi connectivity index (χ3v) is 6.00. The van der Waals surface area contributed by atoms with E-state index in [0.29, 0.717) is 13.0 Å². The van der Waals surface area contributed by atoms with Gasteiger partial charge in [-0.1, -0.05) is 6.07 Å².